The van der Waals surface area contributed by atoms with Crippen molar-refractivity contribution in [1.29, 1.82) is 0 Å². The van der Waals surface area contributed by atoms with Gasteiger partial charge in [0.15, 0.2) is 0 Å². The minimum Gasteiger partial charge on any atom is -0.496 e. The summed E-state index contributed by atoms with van der Waals surface area (Å²) in [6.07, 6.45) is 3.41. The van der Waals surface area contributed by atoms with Crippen molar-refractivity contribution in [2.75, 3.05) is 12.4 Å². The molecular weight excluding hydrogens is 362 g/mol. The van der Waals surface area contributed by atoms with E-state index in [2.05, 4.69) is 25.6 Å². The Balaban J connectivity index is 1.43. The van der Waals surface area contributed by atoms with Gasteiger partial charge in [0.2, 0.25) is 0 Å². The fraction of sp³-hybridized carbons (Fsp3) is 0.158. The number of ether oxygens (including phenoxy) is 1. The number of hydrogen-bond donors (Lipinski definition) is 4. The molecule has 140 valence electrons. The second kappa shape index (κ2) is 9.65. The van der Waals surface area contributed by atoms with E-state index in [1.54, 1.807) is 19.5 Å². The predicted molar refractivity (Wildman–Crippen MR) is 107 cm³/mol. The van der Waals surface area contributed by atoms with Crippen LogP contribution in [0.4, 0.5) is 10.5 Å². The van der Waals surface area contributed by atoms with Crippen LogP contribution in [0.1, 0.15) is 11.1 Å². The minimum atomic E-state index is -0.258. The molecule has 0 aliphatic heterocycles. The molecule has 0 saturated carbocycles. The van der Waals surface area contributed by atoms with Gasteiger partial charge in [0.05, 0.1) is 13.3 Å². The zero-order valence-corrected chi connectivity index (χ0v) is 15.7. The number of aromatic amines is 1. The number of methoxy groups -OCH3 is 1. The Morgan fingerprint density at radius 2 is 1.96 bits per heavy atom. The zero-order chi connectivity index (χ0) is 18.9. The van der Waals surface area contributed by atoms with Gasteiger partial charge >= 0.3 is 6.03 Å². The van der Waals surface area contributed by atoms with Crippen LogP contribution < -0.4 is 20.1 Å². The normalized spacial score (nSPS) is 10.4. The van der Waals surface area contributed by atoms with E-state index < -0.39 is 0 Å². The van der Waals surface area contributed by atoms with Crippen LogP contribution in [-0.4, -0.2) is 23.3 Å². The van der Waals surface area contributed by atoms with Gasteiger partial charge in [0.25, 0.3) is 0 Å². The van der Waals surface area contributed by atoms with Gasteiger partial charge in [-0.05, 0) is 42.3 Å². The molecule has 0 aliphatic rings. The molecule has 0 atom stereocenters. The lowest BCUT2D eigenvalue weighted by atomic mass is 10.2. The molecule has 0 aliphatic carbocycles. The topological polar surface area (TPSA) is 91.1 Å². The number of amides is 2. The van der Waals surface area contributed by atoms with Crippen molar-refractivity contribution in [2.45, 2.75) is 18.0 Å². The van der Waals surface area contributed by atoms with E-state index in [0.717, 1.165) is 27.5 Å². The summed E-state index contributed by atoms with van der Waals surface area (Å²) in [4.78, 5) is 12.9. The van der Waals surface area contributed by atoms with Gasteiger partial charge in [-0.2, -0.15) is 5.10 Å². The predicted octanol–water partition coefficient (Wildman–Crippen LogP) is 3.54. The third-order valence-corrected chi connectivity index (χ3v) is 4.56. The number of H-pyrrole nitrogens is 1. The van der Waals surface area contributed by atoms with Crippen LogP contribution in [0.15, 0.2) is 65.8 Å². The zero-order valence-electron chi connectivity index (χ0n) is 14.9. The summed E-state index contributed by atoms with van der Waals surface area (Å²) >= 11 is 1.53. The highest BCUT2D eigenvalue weighted by molar-refractivity contribution is 7.97. The van der Waals surface area contributed by atoms with Gasteiger partial charge in [-0.1, -0.05) is 18.2 Å². The fourth-order valence-corrected chi connectivity index (χ4v) is 3.05. The van der Waals surface area contributed by atoms with Crippen molar-refractivity contribution in [1.82, 2.24) is 20.2 Å². The Labute approximate surface area is 162 Å². The number of aromatic nitrogens is 2. The molecule has 2 aromatic carbocycles. The maximum absolute atomic E-state index is 11.9. The summed E-state index contributed by atoms with van der Waals surface area (Å²) in [6.45, 7) is 1.11. The van der Waals surface area contributed by atoms with Crippen molar-refractivity contribution in [2.24, 2.45) is 0 Å². The molecule has 2 amide bonds. The molecule has 0 bridgehead atoms. The van der Waals surface area contributed by atoms with Gasteiger partial charge in [-0.25, -0.2) is 4.79 Å². The van der Waals surface area contributed by atoms with Crippen LogP contribution in [0.25, 0.3) is 0 Å². The average Bonchev–Trinajstić information content (AvgIpc) is 3.22. The molecule has 3 rings (SSSR count). The fourth-order valence-electron chi connectivity index (χ4n) is 2.38. The second-order valence-corrected chi connectivity index (χ2v) is 6.64. The first-order valence-corrected chi connectivity index (χ1v) is 9.20. The lowest BCUT2D eigenvalue weighted by Crippen LogP contribution is -2.27. The summed E-state index contributed by atoms with van der Waals surface area (Å²) in [7, 11) is 1.67. The first-order valence-electron chi connectivity index (χ1n) is 8.39. The Morgan fingerprint density at radius 3 is 2.70 bits per heavy atom. The molecule has 0 spiro atoms. The largest absolute Gasteiger partial charge is 0.496 e. The minimum absolute atomic E-state index is 0.258. The Morgan fingerprint density at radius 1 is 1.15 bits per heavy atom. The number of anilines is 1. The molecular formula is C19H21N5O2S. The maximum atomic E-state index is 11.9. The second-order valence-electron chi connectivity index (χ2n) is 5.67. The third-order valence-electron chi connectivity index (χ3n) is 3.77. The molecule has 27 heavy (non-hydrogen) atoms. The van der Waals surface area contributed by atoms with Crippen molar-refractivity contribution in [3.63, 3.8) is 0 Å². The van der Waals surface area contributed by atoms with Crippen LogP contribution in [-0.2, 0) is 13.1 Å². The van der Waals surface area contributed by atoms with E-state index >= 15 is 0 Å². The summed E-state index contributed by atoms with van der Waals surface area (Å²) < 4.78 is 8.66. The smallest absolute Gasteiger partial charge is 0.319 e. The molecule has 0 unspecified atom stereocenters. The first kappa shape index (κ1) is 18.8. The standard InChI is InChI=1S/C19H21N5O2S/c1-26-18-5-3-2-4-15(18)13-23-27-17-8-6-16(7-9-17)24-19(25)20-10-14-11-21-22-12-14/h2-9,11-12,23H,10,13H2,1H3,(H,21,22)(H2,20,24,25). The first-order chi connectivity index (χ1) is 13.2. The molecule has 1 aromatic heterocycles. The van der Waals surface area contributed by atoms with E-state index in [0.29, 0.717) is 13.1 Å². The Kier molecular flexibility index (Phi) is 6.72. The SMILES string of the molecule is COc1ccccc1CNSc1ccc(NC(=O)NCc2cn[nH]c2)cc1. The summed E-state index contributed by atoms with van der Waals surface area (Å²) in [6, 6.07) is 15.3. The highest BCUT2D eigenvalue weighted by atomic mass is 32.2. The number of para-hydroxylation sites is 1. The molecule has 7 nitrogen and oxygen atoms in total. The van der Waals surface area contributed by atoms with Crippen LogP contribution in [0.5, 0.6) is 5.75 Å². The molecule has 0 saturated heterocycles. The molecule has 4 N–H and O–H groups in total. The number of hydrogen-bond acceptors (Lipinski definition) is 5. The van der Waals surface area contributed by atoms with Gasteiger partial charge < -0.3 is 15.4 Å². The van der Waals surface area contributed by atoms with E-state index in [-0.39, 0.29) is 6.03 Å². The quantitative estimate of drug-likeness (QED) is 0.447. The number of benzene rings is 2. The van der Waals surface area contributed by atoms with Crippen LogP contribution in [0, 0.1) is 0 Å². The van der Waals surface area contributed by atoms with Crippen LogP contribution in [0.3, 0.4) is 0 Å². The van der Waals surface area contributed by atoms with Gasteiger partial charge in [0, 0.05) is 41.0 Å². The molecule has 0 fully saturated rings. The maximum Gasteiger partial charge on any atom is 0.319 e. The van der Waals surface area contributed by atoms with Crippen molar-refractivity contribution in [3.05, 3.63) is 72.1 Å². The number of carbonyl (C=O) groups excluding carboxylic acids is 1. The summed E-state index contributed by atoms with van der Waals surface area (Å²) in [5.74, 6) is 0.867. The van der Waals surface area contributed by atoms with E-state index in [9.17, 15) is 4.79 Å². The average molecular weight is 383 g/mol. The van der Waals surface area contributed by atoms with Gasteiger partial charge in [-0.3, -0.25) is 9.82 Å². The molecule has 0 radical (unpaired) electrons. The monoisotopic (exact) mass is 383 g/mol. The Bertz CT molecular complexity index is 853. The number of rotatable bonds is 8. The molecule has 1 heterocycles. The van der Waals surface area contributed by atoms with Crippen molar-refractivity contribution < 1.29 is 9.53 Å². The van der Waals surface area contributed by atoms with Crippen molar-refractivity contribution >= 4 is 23.7 Å². The highest BCUT2D eigenvalue weighted by Gasteiger charge is 2.04. The number of urea groups is 1. The van der Waals surface area contributed by atoms with Gasteiger partial charge in [0.1, 0.15) is 5.75 Å². The number of nitrogens with zero attached hydrogens (tertiary/aromatic N) is 1. The number of carbonyl (C=O) groups is 1. The Hall–Kier alpha value is -2.97. The lowest BCUT2D eigenvalue weighted by Gasteiger charge is -2.10. The summed E-state index contributed by atoms with van der Waals surface area (Å²) in [5.41, 5.74) is 2.74. The van der Waals surface area contributed by atoms with E-state index in [1.807, 2.05) is 48.5 Å². The van der Waals surface area contributed by atoms with Crippen LogP contribution in [0.2, 0.25) is 0 Å². The highest BCUT2D eigenvalue weighted by Crippen LogP contribution is 2.21. The third kappa shape index (κ3) is 5.77. The van der Waals surface area contributed by atoms with Crippen molar-refractivity contribution in [3.8, 4) is 5.75 Å². The molecule has 8 heteroatoms. The van der Waals surface area contributed by atoms with Crippen LogP contribution >= 0.6 is 11.9 Å². The lowest BCUT2D eigenvalue weighted by molar-refractivity contribution is 0.251. The van der Waals surface area contributed by atoms with E-state index in [4.69, 9.17) is 4.74 Å². The summed E-state index contributed by atoms with van der Waals surface area (Å²) in [5, 5.41) is 12.1. The number of nitrogens with one attached hydrogen (secondary N) is 4. The van der Waals surface area contributed by atoms with Gasteiger partial charge in [-0.15, -0.1) is 0 Å². The van der Waals surface area contributed by atoms with E-state index in [1.165, 1.54) is 11.9 Å². The molecule has 3 aromatic rings.